The van der Waals surface area contributed by atoms with E-state index in [2.05, 4.69) is 24.3 Å². The highest BCUT2D eigenvalue weighted by molar-refractivity contribution is 5.94. The summed E-state index contributed by atoms with van der Waals surface area (Å²) in [4.78, 5) is 11.1. The third kappa shape index (κ3) is 4.54. The predicted molar refractivity (Wildman–Crippen MR) is 81.3 cm³/mol. The summed E-state index contributed by atoms with van der Waals surface area (Å²) < 4.78 is 5.67. The van der Waals surface area contributed by atoms with Gasteiger partial charge in [0.25, 0.3) is 0 Å². The molecule has 0 fully saturated rings. The van der Waals surface area contributed by atoms with Crippen LogP contribution in [0.3, 0.4) is 0 Å². The van der Waals surface area contributed by atoms with Crippen LogP contribution in [-0.4, -0.2) is 12.4 Å². The highest BCUT2D eigenvalue weighted by Gasteiger charge is 1.99. The Balaban J connectivity index is 1.67. The summed E-state index contributed by atoms with van der Waals surface area (Å²) in [6.07, 6.45) is 3.24. The second kappa shape index (κ2) is 7.49. The van der Waals surface area contributed by atoms with E-state index in [4.69, 9.17) is 4.74 Å². The smallest absolute Gasteiger partial charge is 0.159 e. The SMILES string of the molecule is CC(=O)c1ccc(OCCCCc2ccccc2)cc1. The van der Waals surface area contributed by atoms with E-state index >= 15 is 0 Å². The van der Waals surface area contributed by atoms with Crippen molar-refractivity contribution in [2.45, 2.75) is 26.2 Å². The molecule has 0 radical (unpaired) electrons. The largest absolute Gasteiger partial charge is 0.494 e. The van der Waals surface area contributed by atoms with Gasteiger partial charge in [0.15, 0.2) is 5.78 Å². The van der Waals surface area contributed by atoms with Crippen molar-refractivity contribution in [3.05, 3.63) is 65.7 Å². The number of hydrogen-bond acceptors (Lipinski definition) is 2. The number of Topliss-reactive ketones (excluding diaryl/α,β-unsaturated/α-hetero) is 1. The summed E-state index contributed by atoms with van der Waals surface area (Å²) in [5.41, 5.74) is 2.10. The Bertz CT molecular complexity index is 529. The van der Waals surface area contributed by atoms with Gasteiger partial charge in [0.1, 0.15) is 5.75 Å². The Morgan fingerprint density at radius 2 is 1.65 bits per heavy atom. The molecule has 0 aromatic heterocycles. The number of unbranched alkanes of at least 4 members (excludes halogenated alkanes) is 1. The van der Waals surface area contributed by atoms with Crippen molar-refractivity contribution in [2.75, 3.05) is 6.61 Å². The number of ketones is 1. The minimum Gasteiger partial charge on any atom is -0.494 e. The minimum atomic E-state index is 0.0828. The predicted octanol–water partition coefficient (Wildman–Crippen LogP) is 4.29. The van der Waals surface area contributed by atoms with Crippen LogP contribution in [0.25, 0.3) is 0 Å². The highest BCUT2D eigenvalue weighted by atomic mass is 16.5. The fourth-order valence-electron chi connectivity index (χ4n) is 2.05. The molecule has 0 amide bonds. The lowest BCUT2D eigenvalue weighted by atomic mass is 10.1. The van der Waals surface area contributed by atoms with Gasteiger partial charge in [-0.05, 0) is 56.0 Å². The second-order valence-electron chi connectivity index (χ2n) is 4.87. The molecule has 0 aliphatic rings. The Labute approximate surface area is 120 Å². The molecule has 20 heavy (non-hydrogen) atoms. The number of benzene rings is 2. The maximum Gasteiger partial charge on any atom is 0.159 e. The lowest BCUT2D eigenvalue weighted by Crippen LogP contribution is -1.99. The van der Waals surface area contributed by atoms with Crippen molar-refractivity contribution in [2.24, 2.45) is 0 Å². The van der Waals surface area contributed by atoms with Crippen LogP contribution in [0.1, 0.15) is 35.7 Å². The maximum absolute atomic E-state index is 11.1. The van der Waals surface area contributed by atoms with E-state index in [-0.39, 0.29) is 5.78 Å². The molecular weight excluding hydrogens is 248 g/mol. The molecule has 0 heterocycles. The zero-order chi connectivity index (χ0) is 14.2. The molecule has 2 nitrogen and oxygen atoms in total. The topological polar surface area (TPSA) is 26.3 Å². The second-order valence-corrected chi connectivity index (χ2v) is 4.87. The van der Waals surface area contributed by atoms with Crippen molar-refractivity contribution >= 4 is 5.78 Å². The molecule has 0 spiro atoms. The van der Waals surface area contributed by atoms with Gasteiger partial charge in [0.05, 0.1) is 6.61 Å². The Morgan fingerprint density at radius 1 is 0.950 bits per heavy atom. The van der Waals surface area contributed by atoms with Crippen molar-refractivity contribution in [1.82, 2.24) is 0 Å². The molecule has 0 bridgehead atoms. The van der Waals surface area contributed by atoms with Gasteiger partial charge in [0.2, 0.25) is 0 Å². The Morgan fingerprint density at radius 3 is 2.30 bits per heavy atom. The summed E-state index contributed by atoms with van der Waals surface area (Å²) in [5, 5.41) is 0. The summed E-state index contributed by atoms with van der Waals surface area (Å²) >= 11 is 0. The molecule has 0 saturated carbocycles. The van der Waals surface area contributed by atoms with Gasteiger partial charge in [-0.15, -0.1) is 0 Å². The number of ether oxygens (including phenoxy) is 1. The first-order chi connectivity index (χ1) is 9.75. The van der Waals surface area contributed by atoms with Gasteiger partial charge in [-0.2, -0.15) is 0 Å². The Hall–Kier alpha value is -2.09. The number of rotatable bonds is 7. The van der Waals surface area contributed by atoms with E-state index in [1.54, 1.807) is 6.92 Å². The first-order valence-corrected chi connectivity index (χ1v) is 7.03. The molecule has 0 aliphatic heterocycles. The van der Waals surface area contributed by atoms with Gasteiger partial charge in [-0.3, -0.25) is 4.79 Å². The van der Waals surface area contributed by atoms with Crippen LogP contribution in [-0.2, 0) is 6.42 Å². The number of carbonyl (C=O) groups excluding carboxylic acids is 1. The van der Waals surface area contributed by atoms with E-state index in [1.807, 2.05) is 30.3 Å². The molecular formula is C18H20O2. The molecule has 2 aromatic rings. The van der Waals surface area contributed by atoms with E-state index < -0.39 is 0 Å². The fraction of sp³-hybridized carbons (Fsp3) is 0.278. The van der Waals surface area contributed by atoms with E-state index in [0.717, 1.165) is 30.6 Å². The molecule has 2 heteroatoms. The first-order valence-electron chi connectivity index (χ1n) is 7.03. The van der Waals surface area contributed by atoms with Gasteiger partial charge in [-0.25, -0.2) is 0 Å². The van der Waals surface area contributed by atoms with Gasteiger partial charge >= 0.3 is 0 Å². The Kier molecular flexibility index (Phi) is 5.36. The summed E-state index contributed by atoms with van der Waals surface area (Å²) in [6, 6.07) is 17.8. The van der Waals surface area contributed by atoms with E-state index in [9.17, 15) is 4.79 Å². The molecule has 0 aliphatic carbocycles. The number of hydrogen-bond donors (Lipinski definition) is 0. The maximum atomic E-state index is 11.1. The molecule has 2 rings (SSSR count). The molecule has 0 saturated heterocycles. The molecule has 104 valence electrons. The molecule has 0 N–H and O–H groups in total. The first kappa shape index (κ1) is 14.3. The third-order valence-corrected chi connectivity index (χ3v) is 3.23. The van der Waals surface area contributed by atoms with Crippen molar-refractivity contribution < 1.29 is 9.53 Å². The zero-order valence-electron chi connectivity index (χ0n) is 11.8. The monoisotopic (exact) mass is 268 g/mol. The fourth-order valence-corrected chi connectivity index (χ4v) is 2.05. The molecule has 0 atom stereocenters. The van der Waals surface area contributed by atoms with Gasteiger partial charge in [-0.1, -0.05) is 30.3 Å². The zero-order valence-corrected chi connectivity index (χ0v) is 11.8. The third-order valence-electron chi connectivity index (χ3n) is 3.23. The summed E-state index contributed by atoms with van der Waals surface area (Å²) in [7, 11) is 0. The lowest BCUT2D eigenvalue weighted by Gasteiger charge is -2.06. The average molecular weight is 268 g/mol. The minimum absolute atomic E-state index is 0.0828. The molecule has 2 aromatic carbocycles. The lowest BCUT2D eigenvalue weighted by molar-refractivity contribution is 0.101. The quantitative estimate of drug-likeness (QED) is 0.553. The molecule has 0 unspecified atom stereocenters. The van der Waals surface area contributed by atoms with Crippen LogP contribution in [0.4, 0.5) is 0 Å². The highest BCUT2D eigenvalue weighted by Crippen LogP contribution is 2.13. The van der Waals surface area contributed by atoms with Crippen LogP contribution in [0, 0.1) is 0 Å². The average Bonchev–Trinajstić information content (AvgIpc) is 2.48. The number of carbonyl (C=O) groups is 1. The van der Waals surface area contributed by atoms with Gasteiger partial charge < -0.3 is 4.74 Å². The van der Waals surface area contributed by atoms with Crippen LogP contribution < -0.4 is 4.74 Å². The van der Waals surface area contributed by atoms with E-state index in [0.29, 0.717) is 6.61 Å². The van der Waals surface area contributed by atoms with Crippen LogP contribution in [0.2, 0.25) is 0 Å². The van der Waals surface area contributed by atoms with Crippen LogP contribution in [0.15, 0.2) is 54.6 Å². The number of aryl methyl sites for hydroxylation is 1. The standard InChI is InChI=1S/C18H20O2/c1-15(19)17-10-12-18(13-11-17)20-14-6-5-9-16-7-3-2-4-8-16/h2-4,7-8,10-13H,5-6,9,14H2,1H3. The van der Waals surface area contributed by atoms with Gasteiger partial charge in [0, 0.05) is 5.56 Å². The normalized spacial score (nSPS) is 10.2. The van der Waals surface area contributed by atoms with Crippen molar-refractivity contribution in [3.8, 4) is 5.75 Å². The summed E-state index contributed by atoms with van der Waals surface area (Å²) in [6.45, 7) is 2.28. The van der Waals surface area contributed by atoms with E-state index in [1.165, 1.54) is 5.56 Å². The summed E-state index contributed by atoms with van der Waals surface area (Å²) in [5.74, 6) is 0.911. The van der Waals surface area contributed by atoms with Crippen LogP contribution in [0.5, 0.6) is 5.75 Å². The van der Waals surface area contributed by atoms with Crippen molar-refractivity contribution in [1.29, 1.82) is 0 Å². The van der Waals surface area contributed by atoms with Crippen LogP contribution >= 0.6 is 0 Å². The van der Waals surface area contributed by atoms with Crippen molar-refractivity contribution in [3.63, 3.8) is 0 Å².